The molecule has 0 aliphatic heterocycles. The Hall–Kier alpha value is -1.78. The number of ketones is 1. The van der Waals surface area contributed by atoms with Gasteiger partial charge in [0.05, 0.1) is 11.8 Å². The van der Waals surface area contributed by atoms with E-state index < -0.39 is 6.10 Å². The van der Waals surface area contributed by atoms with E-state index in [2.05, 4.69) is 4.98 Å². The second kappa shape index (κ2) is 6.77. The molecular weight excluding hydrogens is 317 g/mol. The van der Waals surface area contributed by atoms with Gasteiger partial charge in [0, 0.05) is 23.6 Å². The van der Waals surface area contributed by atoms with Crippen LogP contribution in [0.2, 0.25) is 5.02 Å². The Balaban J connectivity index is 1.73. The topological polar surface area (TPSA) is 50.2 Å². The zero-order valence-corrected chi connectivity index (χ0v) is 13.3. The summed E-state index contributed by atoms with van der Waals surface area (Å²) in [6, 6.07) is 8.12. The molecule has 0 amide bonds. The summed E-state index contributed by atoms with van der Waals surface area (Å²) in [6.07, 6.45) is 2.74. The molecule has 2 aromatic rings. The standard InChI is InChI=1S/C18H17ClFNO2/c19-12-5-3-11(15(20)10-12)4-7-16(22)13-6-8-17(23)18-14(13)2-1-9-21-18/h1-3,5,9-10,13,17,23H,4,6-8H2/t13-,17+/m1/s1. The van der Waals surface area contributed by atoms with Crippen LogP contribution in [0.3, 0.4) is 0 Å². The third-order valence-electron chi connectivity index (χ3n) is 4.34. The van der Waals surface area contributed by atoms with Gasteiger partial charge in [0.2, 0.25) is 0 Å². The summed E-state index contributed by atoms with van der Waals surface area (Å²) >= 11 is 5.73. The van der Waals surface area contributed by atoms with E-state index >= 15 is 0 Å². The molecule has 3 nitrogen and oxygen atoms in total. The molecule has 5 heteroatoms. The molecule has 0 saturated heterocycles. The highest BCUT2D eigenvalue weighted by atomic mass is 35.5. The van der Waals surface area contributed by atoms with Crippen LogP contribution in [0.1, 0.15) is 48.1 Å². The van der Waals surface area contributed by atoms with Crippen LogP contribution in [0.25, 0.3) is 0 Å². The summed E-state index contributed by atoms with van der Waals surface area (Å²) in [7, 11) is 0. The number of fused-ring (bicyclic) bond motifs is 1. The minimum Gasteiger partial charge on any atom is -0.387 e. The molecule has 23 heavy (non-hydrogen) atoms. The number of halogens is 2. The van der Waals surface area contributed by atoms with E-state index in [-0.39, 0.29) is 23.9 Å². The second-order valence-electron chi connectivity index (χ2n) is 5.83. The van der Waals surface area contributed by atoms with Gasteiger partial charge in [0.15, 0.2) is 0 Å². The number of aliphatic hydroxyl groups is 1. The molecule has 1 heterocycles. The number of benzene rings is 1. The largest absolute Gasteiger partial charge is 0.387 e. The molecule has 1 aliphatic rings. The molecule has 0 spiro atoms. The molecule has 1 aromatic carbocycles. The van der Waals surface area contributed by atoms with Crippen LogP contribution in [0.5, 0.6) is 0 Å². The molecule has 0 radical (unpaired) electrons. The maximum atomic E-state index is 13.8. The van der Waals surface area contributed by atoms with Crippen LogP contribution in [0.4, 0.5) is 4.39 Å². The highest BCUT2D eigenvalue weighted by Crippen LogP contribution is 2.37. The van der Waals surface area contributed by atoms with Gasteiger partial charge in [-0.25, -0.2) is 4.39 Å². The van der Waals surface area contributed by atoms with E-state index in [1.165, 1.54) is 6.07 Å². The lowest BCUT2D eigenvalue weighted by molar-refractivity contribution is -0.121. The van der Waals surface area contributed by atoms with Gasteiger partial charge in [0.25, 0.3) is 0 Å². The van der Waals surface area contributed by atoms with Crippen molar-refractivity contribution >= 4 is 17.4 Å². The first-order valence-electron chi connectivity index (χ1n) is 7.66. The fraction of sp³-hybridized carbons (Fsp3) is 0.333. The molecule has 0 unspecified atom stereocenters. The van der Waals surface area contributed by atoms with E-state index in [4.69, 9.17) is 11.6 Å². The van der Waals surface area contributed by atoms with Crippen LogP contribution >= 0.6 is 11.6 Å². The number of aromatic nitrogens is 1. The van der Waals surface area contributed by atoms with Crippen LogP contribution in [0, 0.1) is 5.82 Å². The summed E-state index contributed by atoms with van der Waals surface area (Å²) in [5.41, 5.74) is 1.88. The second-order valence-corrected chi connectivity index (χ2v) is 6.26. The summed E-state index contributed by atoms with van der Waals surface area (Å²) in [6.45, 7) is 0. The minimum atomic E-state index is -0.607. The van der Waals surface area contributed by atoms with E-state index in [9.17, 15) is 14.3 Å². The van der Waals surface area contributed by atoms with Gasteiger partial charge < -0.3 is 5.11 Å². The summed E-state index contributed by atoms with van der Waals surface area (Å²) in [5, 5.41) is 10.3. The number of pyridine rings is 1. The van der Waals surface area contributed by atoms with Gasteiger partial charge >= 0.3 is 0 Å². The number of Topliss-reactive ketones (excluding diaryl/α,β-unsaturated/α-hetero) is 1. The van der Waals surface area contributed by atoms with Crippen molar-refractivity contribution in [1.29, 1.82) is 0 Å². The molecule has 1 N–H and O–H groups in total. The molecule has 2 atom stereocenters. The van der Waals surface area contributed by atoms with Crippen molar-refractivity contribution in [2.45, 2.75) is 37.7 Å². The van der Waals surface area contributed by atoms with Crippen molar-refractivity contribution in [3.8, 4) is 0 Å². The molecule has 0 saturated carbocycles. The highest BCUT2D eigenvalue weighted by Gasteiger charge is 2.31. The normalized spacial score (nSPS) is 20.1. The molecule has 120 valence electrons. The van der Waals surface area contributed by atoms with Crippen molar-refractivity contribution < 1.29 is 14.3 Å². The Morgan fingerprint density at radius 2 is 2.17 bits per heavy atom. The lowest BCUT2D eigenvalue weighted by atomic mass is 9.80. The zero-order valence-electron chi connectivity index (χ0n) is 12.5. The van der Waals surface area contributed by atoms with Crippen LogP contribution in [-0.2, 0) is 11.2 Å². The van der Waals surface area contributed by atoms with Crippen molar-refractivity contribution in [2.75, 3.05) is 0 Å². The maximum Gasteiger partial charge on any atom is 0.140 e. The van der Waals surface area contributed by atoms with Gasteiger partial charge in [-0.15, -0.1) is 0 Å². The third-order valence-corrected chi connectivity index (χ3v) is 4.57. The average Bonchev–Trinajstić information content (AvgIpc) is 2.54. The number of carbonyl (C=O) groups is 1. The van der Waals surface area contributed by atoms with Crippen molar-refractivity contribution in [1.82, 2.24) is 4.98 Å². The Morgan fingerprint density at radius 3 is 2.96 bits per heavy atom. The number of aliphatic hydroxyl groups excluding tert-OH is 1. The van der Waals surface area contributed by atoms with Gasteiger partial charge in [-0.05, 0) is 48.6 Å². The molecule has 0 bridgehead atoms. The number of carbonyl (C=O) groups excluding carboxylic acids is 1. The molecule has 0 fully saturated rings. The first kappa shape index (κ1) is 16.1. The third kappa shape index (κ3) is 3.43. The van der Waals surface area contributed by atoms with Crippen LogP contribution in [0.15, 0.2) is 36.5 Å². The predicted molar refractivity (Wildman–Crippen MR) is 85.9 cm³/mol. The van der Waals surface area contributed by atoms with Crippen LogP contribution in [-0.4, -0.2) is 15.9 Å². The van der Waals surface area contributed by atoms with E-state index in [1.807, 2.05) is 6.07 Å². The number of nitrogens with zero attached hydrogens (tertiary/aromatic N) is 1. The predicted octanol–water partition coefficient (Wildman–Crippen LogP) is 3.99. The fourth-order valence-corrected chi connectivity index (χ4v) is 3.27. The lowest BCUT2D eigenvalue weighted by Gasteiger charge is -2.27. The molecule has 3 rings (SSSR count). The summed E-state index contributed by atoms with van der Waals surface area (Å²) in [5.74, 6) is -0.593. The zero-order chi connectivity index (χ0) is 16.4. The number of hydrogen-bond donors (Lipinski definition) is 1. The van der Waals surface area contributed by atoms with Gasteiger partial charge in [-0.2, -0.15) is 0 Å². The minimum absolute atomic E-state index is 0.0560. The Labute approximate surface area is 139 Å². The Morgan fingerprint density at radius 1 is 1.35 bits per heavy atom. The van der Waals surface area contributed by atoms with Gasteiger partial charge in [0.1, 0.15) is 11.6 Å². The molecule has 1 aliphatic carbocycles. The Kier molecular flexibility index (Phi) is 4.74. The average molecular weight is 334 g/mol. The monoisotopic (exact) mass is 333 g/mol. The van der Waals surface area contributed by atoms with Crippen molar-refractivity contribution in [3.63, 3.8) is 0 Å². The summed E-state index contributed by atoms with van der Waals surface area (Å²) in [4.78, 5) is 16.8. The highest BCUT2D eigenvalue weighted by molar-refractivity contribution is 6.30. The van der Waals surface area contributed by atoms with E-state index in [1.54, 1.807) is 24.4 Å². The summed E-state index contributed by atoms with van der Waals surface area (Å²) < 4.78 is 13.8. The number of hydrogen-bond acceptors (Lipinski definition) is 3. The molecule has 1 aromatic heterocycles. The van der Waals surface area contributed by atoms with Crippen LogP contribution < -0.4 is 0 Å². The lowest BCUT2D eigenvalue weighted by Crippen LogP contribution is -2.22. The SMILES string of the molecule is O=C(CCc1ccc(Cl)cc1F)[C@@H]1CC[C@H](O)c2ncccc21. The first-order valence-corrected chi connectivity index (χ1v) is 8.03. The van der Waals surface area contributed by atoms with Crippen molar-refractivity contribution in [3.05, 3.63) is 64.2 Å². The van der Waals surface area contributed by atoms with Gasteiger partial charge in [-0.3, -0.25) is 9.78 Å². The number of rotatable bonds is 4. The van der Waals surface area contributed by atoms with Crippen molar-refractivity contribution in [2.24, 2.45) is 0 Å². The number of aryl methyl sites for hydroxylation is 1. The molecular formula is C18H17ClFNO2. The fourth-order valence-electron chi connectivity index (χ4n) is 3.11. The first-order chi connectivity index (χ1) is 11.1. The maximum absolute atomic E-state index is 13.8. The quantitative estimate of drug-likeness (QED) is 0.920. The van der Waals surface area contributed by atoms with Gasteiger partial charge in [-0.1, -0.05) is 23.7 Å². The van der Waals surface area contributed by atoms with E-state index in [0.717, 1.165) is 5.56 Å². The van der Waals surface area contributed by atoms with E-state index in [0.29, 0.717) is 35.5 Å². The smallest absolute Gasteiger partial charge is 0.140 e. The Bertz CT molecular complexity index is 735.